The lowest BCUT2D eigenvalue weighted by Gasteiger charge is -2.12. The van der Waals surface area contributed by atoms with Crippen LogP contribution in [-0.2, 0) is 11.3 Å². The smallest absolute Gasteiger partial charge is 0.229 e. The van der Waals surface area contributed by atoms with Gasteiger partial charge in [-0.1, -0.05) is 18.2 Å². The number of amides is 1. The molecule has 0 bridgehead atoms. The summed E-state index contributed by atoms with van der Waals surface area (Å²) >= 11 is 11.8. The second-order valence-corrected chi connectivity index (χ2v) is 5.97. The lowest BCUT2D eigenvalue weighted by molar-refractivity contribution is -0.125. The van der Waals surface area contributed by atoms with Crippen LogP contribution in [0.1, 0.15) is 18.9 Å². The van der Waals surface area contributed by atoms with Gasteiger partial charge >= 0.3 is 0 Å². The summed E-state index contributed by atoms with van der Waals surface area (Å²) < 4.78 is 12.3. The van der Waals surface area contributed by atoms with Crippen molar-refractivity contribution in [3.8, 4) is 0 Å². The minimum Gasteiger partial charge on any atom is -0.351 e. The molecule has 92 valence electrons. The molecule has 0 heterocycles. The van der Waals surface area contributed by atoms with Crippen LogP contribution in [0.4, 0.5) is 4.39 Å². The predicted molar refractivity (Wildman–Crippen MR) is 65.4 cm³/mol. The minimum absolute atomic E-state index is 0.144. The van der Waals surface area contributed by atoms with E-state index in [2.05, 4.69) is 5.32 Å². The molecule has 1 N–H and O–H groups in total. The molecular formula is C12H12Cl2FNO. The van der Waals surface area contributed by atoms with Crippen LogP contribution < -0.4 is 5.32 Å². The number of halogens is 3. The van der Waals surface area contributed by atoms with E-state index in [-0.39, 0.29) is 18.3 Å². The van der Waals surface area contributed by atoms with Gasteiger partial charge in [0.2, 0.25) is 5.91 Å². The molecule has 0 spiro atoms. The Hall–Kier alpha value is -0.800. The van der Waals surface area contributed by atoms with Crippen molar-refractivity contribution in [2.24, 2.45) is 5.41 Å². The van der Waals surface area contributed by atoms with Gasteiger partial charge in [0.1, 0.15) is 10.2 Å². The number of rotatable bonds is 3. The van der Waals surface area contributed by atoms with Crippen molar-refractivity contribution < 1.29 is 9.18 Å². The Morgan fingerprint density at radius 3 is 2.59 bits per heavy atom. The molecule has 1 amide bonds. The van der Waals surface area contributed by atoms with Crippen LogP contribution >= 0.6 is 23.2 Å². The lowest BCUT2D eigenvalue weighted by Crippen LogP contribution is -2.33. The molecule has 1 aromatic carbocycles. The van der Waals surface area contributed by atoms with Crippen LogP contribution in [0.15, 0.2) is 24.3 Å². The largest absolute Gasteiger partial charge is 0.351 e. The van der Waals surface area contributed by atoms with E-state index in [1.54, 1.807) is 25.1 Å². The van der Waals surface area contributed by atoms with Gasteiger partial charge in [-0.05, 0) is 19.4 Å². The molecule has 2 nitrogen and oxygen atoms in total. The zero-order valence-electron chi connectivity index (χ0n) is 9.27. The minimum atomic E-state index is -0.994. The maximum atomic E-state index is 13.3. The van der Waals surface area contributed by atoms with Gasteiger partial charge in [-0.25, -0.2) is 4.39 Å². The molecule has 1 atom stereocenters. The Labute approximate surface area is 109 Å². The van der Waals surface area contributed by atoms with Gasteiger partial charge in [0, 0.05) is 12.1 Å². The van der Waals surface area contributed by atoms with Crippen molar-refractivity contribution in [2.45, 2.75) is 24.2 Å². The van der Waals surface area contributed by atoms with Crippen LogP contribution in [0.25, 0.3) is 0 Å². The molecule has 2 rings (SSSR count). The summed E-state index contributed by atoms with van der Waals surface area (Å²) in [5.74, 6) is -0.581. The third-order valence-corrected chi connectivity index (χ3v) is 4.26. The number of benzene rings is 1. The molecule has 0 aliphatic heterocycles. The summed E-state index contributed by atoms with van der Waals surface area (Å²) in [7, 11) is 0. The van der Waals surface area contributed by atoms with Crippen molar-refractivity contribution in [3.63, 3.8) is 0 Å². The third-order valence-electron chi connectivity index (χ3n) is 3.16. The van der Waals surface area contributed by atoms with E-state index in [1.165, 1.54) is 6.07 Å². The van der Waals surface area contributed by atoms with Crippen molar-refractivity contribution in [1.29, 1.82) is 0 Å². The van der Waals surface area contributed by atoms with Crippen molar-refractivity contribution >= 4 is 29.1 Å². The first-order valence-electron chi connectivity index (χ1n) is 5.26. The van der Waals surface area contributed by atoms with Gasteiger partial charge in [-0.2, -0.15) is 0 Å². The van der Waals surface area contributed by atoms with Crippen LogP contribution in [0.2, 0.25) is 0 Å². The van der Waals surface area contributed by atoms with Gasteiger partial charge in [0.25, 0.3) is 0 Å². The zero-order chi connectivity index (χ0) is 12.7. The Morgan fingerprint density at radius 1 is 1.47 bits per heavy atom. The van der Waals surface area contributed by atoms with Crippen molar-refractivity contribution in [1.82, 2.24) is 5.32 Å². The van der Waals surface area contributed by atoms with Gasteiger partial charge in [0.05, 0.1) is 5.41 Å². The summed E-state index contributed by atoms with van der Waals surface area (Å²) in [5.41, 5.74) is -0.318. The highest BCUT2D eigenvalue weighted by molar-refractivity contribution is 6.53. The van der Waals surface area contributed by atoms with Crippen LogP contribution in [0.3, 0.4) is 0 Å². The highest BCUT2D eigenvalue weighted by Gasteiger charge is 2.67. The Kier molecular flexibility index (Phi) is 3.08. The van der Waals surface area contributed by atoms with Crippen LogP contribution in [0.5, 0.6) is 0 Å². The fraction of sp³-hybridized carbons (Fsp3) is 0.417. The molecule has 0 aromatic heterocycles. The van der Waals surface area contributed by atoms with E-state index in [9.17, 15) is 9.18 Å². The first-order chi connectivity index (χ1) is 7.87. The van der Waals surface area contributed by atoms with Gasteiger partial charge < -0.3 is 5.32 Å². The van der Waals surface area contributed by atoms with Crippen LogP contribution in [0, 0.1) is 11.2 Å². The van der Waals surface area contributed by atoms with Crippen molar-refractivity contribution in [2.75, 3.05) is 0 Å². The fourth-order valence-corrected chi connectivity index (χ4v) is 2.36. The molecule has 1 aromatic rings. The average Bonchev–Trinajstić information content (AvgIpc) is 2.78. The molecule has 1 aliphatic carbocycles. The zero-order valence-corrected chi connectivity index (χ0v) is 10.8. The number of nitrogens with one attached hydrogen (secondary N) is 1. The number of hydrogen-bond acceptors (Lipinski definition) is 1. The SMILES string of the molecule is C[C@]1(C(=O)NCc2ccccc2F)CC1(Cl)Cl. The maximum absolute atomic E-state index is 13.3. The van der Waals surface area contributed by atoms with Crippen molar-refractivity contribution in [3.05, 3.63) is 35.6 Å². The molecule has 1 fully saturated rings. The third kappa shape index (κ3) is 2.26. The molecule has 17 heavy (non-hydrogen) atoms. The van der Waals surface area contributed by atoms with Gasteiger partial charge in [-0.15, -0.1) is 23.2 Å². The summed E-state index contributed by atoms with van der Waals surface area (Å²) in [6.07, 6.45) is 0.423. The lowest BCUT2D eigenvalue weighted by atomic mass is 10.1. The first-order valence-corrected chi connectivity index (χ1v) is 6.02. The summed E-state index contributed by atoms with van der Waals surface area (Å²) in [5, 5.41) is 2.65. The quantitative estimate of drug-likeness (QED) is 0.845. The fourth-order valence-electron chi connectivity index (χ4n) is 1.66. The Morgan fingerprint density at radius 2 is 2.06 bits per heavy atom. The van der Waals surface area contributed by atoms with E-state index in [1.807, 2.05) is 0 Å². The molecular weight excluding hydrogens is 264 g/mol. The van der Waals surface area contributed by atoms with Gasteiger partial charge in [-0.3, -0.25) is 4.79 Å². The number of carbonyl (C=O) groups is 1. The van der Waals surface area contributed by atoms with E-state index in [0.717, 1.165) is 0 Å². The topological polar surface area (TPSA) is 29.1 Å². The molecule has 0 saturated heterocycles. The molecule has 1 saturated carbocycles. The molecule has 0 unspecified atom stereocenters. The number of hydrogen-bond donors (Lipinski definition) is 1. The Bertz CT molecular complexity index is 464. The second kappa shape index (κ2) is 4.14. The van der Waals surface area contributed by atoms with E-state index in [4.69, 9.17) is 23.2 Å². The normalized spacial score (nSPS) is 25.4. The number of alkyl halides is 2. The maximum Gasteiger partial charge on any atom is 0.229 e. The summed E-state index contributed by atoms with van der Waals surface area (Å²) in [6.45, 7) is 1.84. The van der Waals surface area contributed by atoms with Gasteiger partial charge in [0.15, 0.2) is 0 Å². The predicted octanol–water partition coefficient (Wildman–Crippen LogP) is 3.03. The summed E-state index contributed by atoms with van der Waals surface area (Å²) in [4.78, 5) is 11.8. The average molecular weight is 276 g/mol. The molecule has 5 heteroatoms. The monoisotopic (exact) mass is 275 g/mol. The van der Waals surface area contributed by atoms with E-state index >= 15 is 0 Å². The first kappa shape index (κ1) is 12.7. The number of carbonyl (C=O) groups excluding carboxylic acids is 1. The molecule has 0 radical (unpaired) electrons. The standard InChI is InChI=1S/C12H12Cl2FNO/c1-11(7-12(11,13)14)10(17)16-6-8-4-2-3-5-9(8)15/h2-5H,6-7H2,1H3,(H,16,17)/t11-/m1/s1. The summed E-state index contributed by atoms with van der Waals surface area (Å²) in [6, 6.07) is 6.30. The molecule has 1 aliphatic rings. The Balaban J connectivity index is 1.97. The second-order valence-electron chi connectivity index (χ2n) is 4.49. The highest BCUT2D eigenvalue weighted by Crippen LogP contribution is 2.63. The van der Waals surface area contributed by atoms with E-state index < -0.39 is 9.75 Å². The highest BCUT2D eigenvalue weighted by atomic mass is 35.5. The van der Waals surface area contributed by atoms with Crippen LogP contribution in [-0.4, -0.2) is 10.2 Å². The van der Waals surface area contributed by atoms with E-state index in [0.29, 0.717) is 12.0 Å².